The van der Waals surface area contributed by atoms with Crippen LogP contribution in [0, 0.1) is 0 Å². The quantitative estimate of drug-likeness (QED) is 0.420. The molecule has 0 amide bonds. The van der Waals surface area contributed by atoms with Gasteiger partial charge in [0.2, 0.25) is 0 Å². The highest BCUT2D eigenvalue weighted by atomic mass is 32.5. The molecule has 0 atom stereocenters. The zero-order chi connectivity index (χ0) is 9.73. The number of hydrogen-bond donors (Lipinski definition) is 3. The lowest BCUT2D eigenvalue weighted by atomic mass is 10.4. The van der Waals surface area contributed by atoms with E-state index in [4.69, 9.17) is 9.79 Å². The van der Waals surface area contributed by atoms with Crippen molar-refractivity contribution in [2.75, 3.05) is 5.88 Å². The Balaban J connectivity index is 2.33. The molecule has 0 saturated heterocycles. The van der Waals surface area contributed by atoms with Crippen LogP contribution in [0.5, 0.6) is 0 Å². The van der Waals surface area contributed by atoms with E-state index in [1.54, 1.807) is 0 Å². The maximum absolute atomic E-state index is 8.85. The molecule has 0 fully saturated rings. The third-order valence-electron chi connectivity index (χ3n) is 1.25. The van der Waals surface area contributed by atoms with Crippen LogP contribution in [0.2, 0.25) is 0 Å². The molecule has 0 aliphatic rings. The Morgan fingerprint density at radius 2 is 1.92 bits per heavy atom. The fourth-order valence-electron chi connectivity index (χ4n) is 0.716. The van der Waals surface area contributed by atoms with Gasteiger partial charge in [-0.1, -0.05) is 18.2 Å². The van der Waals surface area contributed by atoms with Gasteiger partial charge in [-0.05, 0) is 23.9 Å². The predicted molar refractivity (Wildman–Crippen MR) is 59.0 cm³/mol. The van der Waals surface area contributed by atoms with Crippen molar-refractivity contribution in [2.24, 2.45) is 0 Å². The predicted octanol–water partition coefficient (Wildman–Crippen LogP) is 1.53. The van der Waals surface area contributed by atoms with Crippen molar-refractivity contribution in [1.29, 1.82) is 0 Å². The minimum atomic E-state index is -3.24. The van der Waals surface area contributed by atoms with Crippen molar-refractivity contribution in [1.82, 2.24) is 5.09 Å². The molecule has 0 bridgehead atoms. The van der Waals surface area contributed by atoms with E-state index in [9.17, 15) is 0 Å². The second-order valence-corrected chi connectivity index (χ2v) is 6.28. The number of rotatable bonds is 4. The molecule has 0 aromatic heterocycles. The molecule has 1 aromatic carbocycles. The van der Waals surface area contributed by atoms with E-state index < -0.39 is 6.64 Å². The highest BCUT2D eigenvalue weighted by molar-refractivity contribution is 8.08. The Morgan fingerprint density at radius 3 is 2.46 bits per heavy atom. The molecule has 0 spiro atoms. The first-order chi connectivity index (χ1) is 6.08. The molecule has 3 nitrogen and oxygen atoms in total. The Labute approximate surface area is 86.4 Å². The molecule has 72 valence electrons. The molecular formula is C7H10NO2PS2. The summed E-state index contributed by atoms with van der Waals surface area (Å²) in [6, 6.07) is 9.68. The zero-order valence-electron chi connectivity index (χ0n) is 6.75. The van der Waals surface area contributed by atoms with E-state index in [0.29, 0.717) is 5.88 Å². The first-order valence-electron chi connectivity index (χ1n) is 3.56. The van der Waals surface area contributed by atoms with Crippen molar-refractivity contribution in [2.45, 2.75) is 4.90 Å². The first-order valence-corrected chi connectivity index (χ1v) is 7.26. The van der Waals surface area contributed by atoms with Gasteiger partial charge >= 0.3 is 0 Å². The zero-order valence-corrected chi connectivity index (χ0v) is 9.28. The molecule has 0 aliphatic heterocycles. The summed E-state index contributed by atoms with van der Waals surface area (Å²) in [5.41, 5.74) is 0. The summed E-state index contributed by atoms with van der Waals surface area (Å²) in [7, 11) is 0. The van der Waals surface area contributed by atoms with Crippen LogP contribution in [0.4, 0.5) is 0 Å². The number of hydrogen-bond acceptors (Lipinski definition) is 2. The summed E-state index contributed by atoms with van der Waals surface area (Å²) in [6.45, 7) is -3.24. The summed E-state index contributed by atoms with van der Waals surface area (Å²) in [5.74, 6) is 0.411. The molecule has 0 heterocycles. The Hall–Kier alpha value is 0.100. The number of nitrogens with one attached hydrogen (secondary N) is 1. The smallest absolute Gasteiger partial charge is 0.256 e. The SMILES string of the molecule is OP(O)(=S)NCSc1ccccc1. The molecule has 0 radical (unpaired) electrons. The average molecular weight is 235 g/mol. The molecule has 0 unspecified atom stereocenters. The van der Waals surface area contributed by atoms with Gasteiger partial charge in [0.15, 0.2) is 0 Å². The van der Waals surface area contributed by atoms with Crippen LogP contribution in [-0.2, 0) is 11.8 Å². The van der Waals surface area contributed by atoms with Gasteiger partial charge in [0.25, 0.3) is 6.64 Å². The lowest BCUT2D eigenvalue weighted by molar-refractivity contribution is 0.466. The summed E-state index contributed by atoms with van der Waals surface area (Å²) in [5, 5.41) is 2.47. The van der Waals surface area contributed by atoms with Crippen molar-refractivity contribution < 1.29 is 9.79 Å². The second-order valence-electron chi connectivity index (χ2n) is 2.30. The van der Waals surface area contributed by atoms with Crippen LogP contribution in [0.3, 0.4) is 0 Å². The second kappa shape index (κ2) is 5.10. The van der Waals surface area contributed by atoms with Gasteiger partial charge in [0.1, 0.15) is 0 Å². The minimum absolute atomic E-state index is 0.411. The Morgan fingerprint density at radius 1 is 1.31 bits per heavy atom. The molecule has 1 aromatic rings. The van der Waals surface area contributed by atoms with Crippen LogP contribution < -0.4 is 5.09 Å². The van der Waals surface area contributed by atoms with E-state index in [0.717, 1.165) is 4.90 Å². The molecule has 6 heteroatoms. The normalized spacial score (nSPS) is 11.5. The van der Waals surface area contributed by atoms with Crippen LogP contribution in [0.25, 0.3) is 0 Å². The van der Waals surface area contributed by atoms with E-state index in [2.05, 4.69) is 16.9 Å². The third-order valence-corrected chi connectivity index (χ3v) is 3.32. The highest BCUT2D eigenvalue weighted by Crippen LogP contribution is 2.30. The van der Waals surface area contributed by atoms with Gasteiger partial charge < -0.3 is 9.79 Å². The topological polar surface area (TPSA) is 52.5 Å². The summed E-state index contributed by atoms with van der Waals surface area (Å²) in [6.07, 6.45) is 0. The van der Waals surface area contributed by atoms with E-state index >= 15 is 0 Å². The molecule has 1 rings (SSSR count). The molecule has 3 N–H and O–H groups in total. The van der Waals surface area contributed by atoms with Gasteiger partial charge in [0, 0.05) is 4.90 Å². The van der Waals surface area contributed by atoms with Gasteiger partial charge in [-0.2, -0.15) is 0 Å². The summed E-state index contributed by atoms with van der Waals surface area (Å²) >= 11 is 5.88. The van der Waals surface area contributed by atoms with Crippen molar-refractivity contribution in [3.63, 3.8) is 0 Å². The van der Waals surface area contributed by atoms with E-state index in [1.807, 2.05) is 30.3 Å². The van der Waals surface area contributed by atoms with Crippen molar-refractivity contribution in [3.8, 4) is 0 Å². The minimum Gasteiger partial charge on any atom is -0.334 e. The maximum Gasteiger partial charge on any atom is 0.256 e. The molecule has 0 aliphatic carbocycles. The fraction of sp³-hybridized carbons (Fsp3) is 0.143. The molecule has 13 heavy (non-hydrogen) atoms. The molecular weight excluding hydrogens is 225 g/mol. The summed E-state index contributed by atoms with van der Waals surface area (Å²) in [4.78, 5) is 18.8. The first kappa shape index (κ1) is 11.2. The standard InChI is InChI=1S/C7H10NO2PS2/c9-11(10,12)8-6-13-7-4-2-1-3-5-7/h1-5H,6H2,(H3,8,9,10,12). The van der Waals surface area contributed by atoms with Gasteiger partial charge in [0.05, 0.1) is 5.88 Å². The van der Waals surface area contributed by atoms with Crippen LogP contribution in [-0.4, -0.2) is 15.7 Å². The van der Waals surface area contributed by atoms with E-state index in [1.165, 1.54) is 11.8 Å². The lowest BCUT2D eigenvalue weighted by Gasteiger charge is -2.08. The summed E-state index contributed by atoms with van der Waals surface area (Å²) < 4.78 is 0. The van der Waals surface area contributed by atoms with Gasteiger partial charge in [-0.3, -0.25) is 0 Å². The van der Waals surface area contributed by atoms with Crippen LogP contribution >= 0.6 is 18.4 Å². The Bertz CT molecular complexity index is 301. The van der Waals surface area contributed by atoms with Crippen molar-refractivity contribution in [3.05, 3.63) is 30.3 Å². The average Bonchev–Trinajstić information content (AvgIpc) is 2.04. The number of benzene rings is 1. The van der Waals surface area contributed by atoms with E-state index in [-0.39, 0.29) is 0 Å². The van der Waals surface area contributed by atoms with Gasteiger partial charge in [-0.15, -0.1) is 11.8 Å². The van der Waals surface area contributed by atoms with Crippen LogP contribution in [0.1, 0.15) is 0 Å². The van der Waals surface area contributed by atoms with Crippen LogP contribution in [0.15, 0.2) is 35.2 Å². The lowest BCUT2D eigenvalue weighted by Crippen LogP contribution is -2.07. The molecule has 0 saturated carbocycles. The van der Waals surface area contributed by atoms with Gasteiger partial charge in [-0.25, -0.2) is 5.09 Å². The maximum atomic E-state index is 8.85. The monoisotopic (exact) mass is 235 g/mol. The Kier molecular flexibility index (Phi) is 4.38. The fourth-order valence-corrected chi connectivity index (χ4v) is 2.64. The number of thioether (sulfide) groups is 1. The highest BCUT2D eigenvalue weighted by Gasteiger charge is 2.04. The third kappa shape index (κ3) is 5.41. The van der Waals surface area contributed by atoms with Crippen molar-refractivity contribution >= 4 is 30.2 Å². The largest absolute Gasteiger partial charge is 0.334 e.